The summed E-state index contributed by atoms with van der Waals surface area (Å²) in [5, 5.41) is 0. The van der Waals surface area contributed by atoms with E-state index in [1.165, 1.54) is 49.7 Å². The number of benzene rings is 2. The third kappa shape index (κ3) is 13.5. The fourth-order valence-electron chi connectivity index (χ4n) is 5.24. The van der Waals surface area contributed by atoms with Crippen LogP contribution in [0, 0.1) is 23.7 Å². The lowest BCUT2D eigenvalue weighted by atomic mass is 9.78. The minimum Gasteiger partial charge on any atom is -0.493 e. The Kier molecular flexibility index (Phi) is 15.7. The predicted octanol–water partition coefficient (Wildman–Crippen LogP) is 11.9. The Morgan fingerprint density at radius 1 is 0.581 bits per heavy atom. The Morgan fingerprint density at radius 2 is 0.907 bits per heavy atom. The molecule has 0 bridgehead atoms. The lowest BCUT2D eigenvalue weighted by Gasteiger charge is -2.27. The molecule has 0 heterocycles. The van der Waals surface area contributed by atoms with Crippen LogP contribution in [0.25, 0.3) is 0 Å². The van der Waals surface area contributed by atoms with Crippen molar-refractivity contribution in [3.63, 3.8) is 0 Å². The fraction of sp³-hybridized carbons (Fsp3) is 0.512. The first-order chi connectivity index (χ1) is 20.4. The van der Waals surface area contributed by atoms with E-state index in [-0.39, 0.29) is 5.41 Å². The molecule has 43 heavy (non-hydrogen) atoms. The summed E-state index contributed by atoms with van der Waals surface area (Å²) in [4.78, 5) is 0. The van der Waals surface area contributed by atoms with E-state index >= 15 is 0 Å². The van der Waals surface area contributed by atoms with E-state index in [9.17, 15) is 0 Å². The zero-order valence-corrected chi connectivity index (χ0v) is 28.3. The van der Waals surface area contributed by atoms with E-state index < -0.39 is 0 Å². The number of rotatable bonds is 22. The van der Waals surface area contributed by atoms with Crippen molar-refractivity contribution in [2.45, 2.75) is 98.3 Å². The maximum atomic E-state index is 6.16. The first-order valence-corrected chi connectivity index (χ1v) is 16.5. The number of hydrogen-bond acceptors (Lipinski definition) is 2. The maximum Gasteiger partial charge on any atom is 0.119 e. The van der Waals surface area contributed by atoms with Crippen molar-refractivity contribution in [2.75, 3.05) is 13.2 Å². The van der Waals surface area contributed by atoms with E-state index in [1.54, 1.807) is 0 Å². The molecule has 0 aromatic heterocycles. The molecule has 0 N–H and O–H groups in total. The summed E-state index contributed by atoms with van der Waals surface area (Å²) in [5.41, 5.74) is 4.71. The van der Waals surface area contributed by atoms with Gasteiger partial charge in [0.15, 0.2) is 0 Å². The summed E-state index contributed by atoms with van der Waals surface area (Å²) in [5.74, 6) is 4.34. The van der Waals surface area contributed by atoms with Gasteiger partial charge in [0, 0.05) is 5.41 Å². The highest BCUT2D eigenvalue weighted by molar-refractivity contribution is 5.41. The Hall–Kier alpha value is -3.00. The Morgan fingerprint density at radius 3 is 1.23 bits per heavy atom. The fourth-order valence-corrected chi connectivity index (χ4v) is 5.24. The molecule has 4 atom stereocenters. The monoisotopic (exact) mass is 584 g/mol. The predicted molar refractivity (Wildman–Crippen MR) is 188 cm³/mol. The molecule has 4 unspecified atom stereocenters. The first-order valence-electron chi connectivity index (χ1n) is 16.5. The van der Waals surface area contributed by atoms with Gasteiger partial charge in [-0.05, 0) is 97.6 Å². The van der Waals surface area contributed by atoms with Crippen LogP contribution in [0.1, 0.15) is 104 Å². The minimum atomic E-state index is -0.113. The number of allylic oxidation sites excluding steroid dienone is 4. The van der Waals surface area contributed by atoms with Gasteiger partial charge in [0.25, 0.3) is 0 Å². The van der Waals surface area contributed by atoms with Crippen LogP contribution in [0.3, 0.4) is 0 Å². The van der Waals surface area contributed by atoms with E-state index in [0.717, 1.165) is 48.7 Å². The average Bonchev–Trinajstić information content (AvgIpc) is 3.02. The van der Waals surface area contributed by atoms with Gasteiger partial charge in [-0.2, -0.15) is 0 Å². The molecule has 2 aromatic rings. The molecule has 0 saturated heterocycles. The summed E-state index contributed by atoms with van der Waals surface area (Å²) in [6, 6.07) is 17.3. The molecule has 2 aromatic carbocycles. The van der Waals surface area contributed by atoms with Gasteiger partial charge >= 0.3 is 0 Å². The molecule has 0 aliphatic carbocycles. The first kappa shape index (κ1) is 36.2. The van der Waals surface area contributed by atoms with Crippen LogP contribution in [0.15, 0.2) is 98.1 Å². The largest absolute Gasteiger partial charge is 0.493 e. The van der Waals surface area contributed by atoms with Crippen molar-refractivity contribution in [2.24, 2.45) is 23.7 Å². The van der Waals surface area contributed by atoms with Crippen molar-refractivity contribution < 1.29 is 9.47 Å². The molecule has 2 heteroatoms. The molecule has 0 amide bonds. The maximum absolute atomic E-state index is 6.16. The summed E-state index contributed by atoms with van der Waals surface area (Å²) >= 11 is 0. The zero-order chi connectivity index (χ0) is 31.8. The van der Waals surface area contributed by atoms with Gasteiger partial charge in [0.1, 0.15) is 11.5 Å². The van der Waals surface area contributed by atoms with Crippen molar-refractivity contribution in [3.8, 4) is 11.5 Å². The van der Waals surface area contributed by atoms with Crippen molar-refractivity contribution in [1.29, 1.82) is 0 Å². The number of hydrogen-bond donors (Lipinski definition) is 0. The lowest BCUT2D eigenvalue weighted by molar-refractivity contribution is 0.242. The standard InChI is InChI=1S/C41H60O2/c1-11-31(3)13-15-33(5)17-19-35(7)29-42-39-25-21-37(22-26-39)41(9,10)38-23-27-40(28-24-38)43-30-36(8)20-18-34(6)16-14-32(4)12-2/h11-12,21-28,33-36H,1-4,13-20,29-30H2,5-10H3. The van der Waals surface area contributed by atoms with Crippen molar-refractivity contribution >= 4 is 0 Å². The van der Waals surface area contributed by atoms with Crippen LogP contribution in [-0.2, 0) is 5.41 Å². The molecule has 0 radical (unpaired) electrons. The van der Waals surface area contributed by atoms with Crippen LogP contribution in [0.5, 0.6) is 11.5 Å². The third-order valence-electron chi connectivity index (χ3n) is 9.02. The van der Waals surface area contributed by atoms with E-state index in [2.05, 4.69) is 116 Å². The lowest BCUT2D eigenvalue weighted by Crippen LogP contribution is -2.19. The van der Waals surface area contributed by atoms with Crippen LogP contribution in [-0.4, -0.2) is 13.2 Å². The highest BCUT2D eigenvalue weighted by atomic mass is 16.5. The summed E-state index contributed by atoms with van der Waals surface area (Å²) in [6.07, 6.45) is 13.0. The molecule has 0 aliphatic rings. The summed E-state index contributed by atoms with van der Waals surface area (Å²) in [6.45, 7) is 31.0. The smallest absolute Gasteiger partial charge is 0.119 e. The quantitative estimate of drug-likeness (QED) is 0.128. The second kappa shape index (κ2) is 18.6. The van der Waals surface area contributed by atoms with Crippen LogP contribution in [0.2, 0.25) is 0 Å². The topological polar surface area (TPSA) is 18.5 Å². The normalized spacial score (nSPS) is 14.3. The van der Waals surface area contributed by atoms with Crippen LogP contribution >= 0.6 is 0 Å². The summed E-state index contributed by atoms with van der Waals surface area (Å²) < 4.78 is 12.3. The Labute approximate surface area is 265 Å². The van der Waals surface area contributed by atoms with Crippen LogP contribution < -0.4 is 9.47 Å². The molecule has 2 nitrogen and oxygen atoms in total. The van der Waals surface area contributed by atoms with Gasteiger partial charge in [-0.1, -0.05) is 128 Å². The third-order valence-corrected chi connectivity index (χ3v) is 9.02. The van der Waals surface area contributed by atoms with Gasteiger partial charge in [0.05, 0.1) is 13.2 Å². The van der Waals surface area contributed by atoms with Gasteiger partial charge in [-0.15, -0.1) is 0 Å². The molecular weight excluding hydrogens is 524 g/mol. The molecule has 0 fully saturated rings. The van der Waals surface area contributed by atoms with E-state index in [1.807, 2.05) is 12.2 Å². The van der Waals surface area contributed by atoms with E-state index in [0.29, 0.717) is 23.7 Å². The summed E-state index contributed by atoms with van der Waals surface area (Å²) in [7, 11) is 0. The second-order valence-electron chi connectivity index (χ2n) is 13.7. The Bertz CT molecular complexity index is 1030. The van der Waals surface area contributed by atoms with Gasteiger partial charge in [-0.3, -0.25) is 0 Å². The van der Waals surface area contributed by atoms with Gasteiger partial charge in [-0.25, -0.2) is 0 Å². The molecule has 236 valence electrons. The Balaban J connectivity index is 1.78. The van der Waals surface area contributed by atoms with Gasteiger partial charge < -0.3 is 9.47 Å². The number of ether oxygens (including phenoxy) is 2. The highest BCUT2D eigenvalue weighted by Crippen LogP contribution is 2.33. The molecule has 0 spiro atoms. The van der Waals surface area contributed by atoms with E-state index in [4.69, 9.17) is 9.47 Å². The molecular formula is C41H60O2. The molecule has 0 saturated carbocycles. The molecule has 0 aliphatic heterocycles. The van der Waals surface area contributed by atoms with Crippen molar-refractivity contribution in [3.05, 3.63) is 109 Å². The van der Waals surface area contributed by atoms with Crippen molar-refractivity contribution in [1.82, 2.24) is 0 Å². The second-order valence-corrected chi connectivity index (χ2v) is 13.7. The average molecular weight is 585 g/mol. The SMILES string of the molecule is C=CC(=C)CCC(C)CCC(C)COc1ccc(C(C)(C)c2ccc(OCC(C)CCC(C)CCC(=C)C=C)cc2)cc1. The zero-order valence-electron chi connectivity index (χ0n) is 28.3. The molecule has 2 rings (SSSR count). The van der Waals surface area contributed by atoms with Crippen LogP contribution in [0.4, 0.5) is 0 Å². The van der Waals surface area contributed by atoms with Gasteiger partial charge in [0.2, 0.25) is 0 Å². The highest BCUT2D eigenvalue weighted by Gasteiger charge is 2.23. The minimum absolute atomic E-state index is 0.113.